The Kier molecular flexibility index (Phi) is 2.62. The molecule has 44 valence electrons. The molecule has 1 N–H and O–H groups in total. The summed E-state index contributed by atoms with van der Waals surface area (Å²) in [7, 11) is 0. The summed E-state index contributed by atoms with van der Waals surface area (Å²) >= 11 is 0. The number of benzene rings is 1. The van der Waals surface area contributed by atoms with Crippen molar-refractivity contribution in [3.8, 4) is 5.75 Å². The van der Waals surface area contributed by atoms with Gasteiger partial charge in [-0.2, -0.15) is 0 Å². The van der Waals surface area contributed by atoms with Crippen LogP contribution in [-0.4, -0.2) is 5.11 Å². The minimum atomic E-state index is 0. The maximum absolute atomic E-state index is 8.63. The summed E-state index contributed by atoms with van der Waals surface area (Å²) in [6, 6.07) is 8.71. The van der Waals surface area contributed by atoms with Crippen LogP contribution in [0.25, 0.3) is 0 Å². The second-order valence-corrected chi connectivity index (χ2v) is 1.34. The van der Waals surface area contributed by atoms with Crippen molar-refractivity contribution in [2.24, 2.45) is 0 Å². The van der Waals surface area contributed by atoms with E-state index in [-0.39, 0.29) is 4.70 Å². The van der Waals surface area contributed by atoms with E-state index in [1.165, 1.54) is 0 Å². The van der Waals surface area contributed by atoms with Gasteiger partial charge in [0.25, 0.3) is 0 Å². The monoisotopic (exact) mass is 113 g/mol. The molecule has 0 aliphatic heterocycles. The van der Waals surface area contributed by atoms with E-state index in [2.05, 4.69) is 0 Å². The van der Waals surface area contributed by atoms with Gasteiger partial charge in [0.15, 0.2) is 0 Å². The Bertz CT molecular complexity index is 138. The molecule has 0 radical (unpaired) electrons. The molecule has 0 atom stereocenters. The van der Waals surface area contributed by atoms with Crippen LogP contribution in [0.3, 0.4) is 0 Å². The molecule has 0 saturated carbocycles. The van der Waals surface area contributed by atoms with Crippen LogP contribution in [0, 0.1) is 0 Å². The first-order valence-electron chi connectivity index (χ1n) is 2.13. The molecule has 0 fully saturated rings. The van der Waals surface area contributed by atoms with Crippen molar-refractivity contribution in [2.45, 2.75) is 0 Å². The lowest BCUT2D eigenvalue weighted by Crippen LogP contribution is -3.00. The molecule has 2 heteroatoms. The zero-order chi connectivity index (χ0) is 5.11. The molecular weight excluding hydrogens is 107 g/mol. The van der Waals surface area contributed by atoms with Gasteiger partial charge < -0.3 is 9.81 Å². The van der Waals surface area contributed by atoms with Crippen molar-refractivity contribution in [3.63, 3.8) is 0 Å². The molecular formula is C6H6FO-. The first-order chi connectivity index (χ1) is 3.39. The fourth-order valence-electron chi connectivity index (χ4n) is 0.428. The van der Waals surface area contributed by atoms with Gasteiger partial charge in [-0.15, -0.1) is 0 Å². The number of hydrogen-bond donors (Lipinski definition) is 1. The van der Waals surface area contributed by atoms with E-state index >= 15 is 0 Å². The molecule has 0 unspecified atom stereocenters. The van der Waals surface area contributed by atoms with Gasteiger partial charge in [-0.25, -0.2) is 0 Å². The Hall–Kier alpha value is -1.05. The summed E-state index contributed by atoms with van der Waals surface area (Å²) in [6.45, 7) is 0. The van der Waals surface area contributed by atoms with E-state index in [4.69, 9.17) is 5.11 Å². The number of hydrogen-bond acceptors (Lipinski definition) is 1. The lowest BCUT2D eigenvalue weighted by atomic mass is 10.3. The minimum absolute atomic E-state index is 0. The predicted molar refractivity (Wildman–Crippen MR) is 28.1 cm³/mol. The fourth-order valence-corrected chi connectivity index (χ4v) is 0.428. The Morgan fingerprint density at radius 3 is 1.75 bits per heavy atom. The lowest BCUT2D eigenvalue weighted by molar-refractivity contribution is -0.00000247. The van der Waals surface area contributed by atoms with Crippen LogP contribution in [0.2, 0.25) is 0 Å². The normalized spacial score (nSPS) is 7.50. The quantitative estimate of drug-likeness (QED) is 0.429. The summed E-state index contributed by atoms with van der Waals surface area (Å²) in [5.41, 5.74) is 0. The highest BCUT2D eigenvalue weighted by Crippen LogP contribution is 2.02. The van der Waals surface area contributed by atoms with Crippen molar-refractivity contribution in [3.05, 3.63) is 30.3 Å². The Morgan fingerprint density at radius 2 is 1.50 bits per heavy atom. The number of halogens is 1. The third kappa shape index (κ3) is 1.60. The summed E-state index contributed by atoms with van der Waals surface area (Å²) in [5, 5.41) is 8.63. The standard InChI is InChI=1S/C6H6O.FH/c7-6-4-2-1-3-5-6;/h1-5,7H;1H/p-1. The third-order valence-electron chi connectivity index (χ3n) is 0.756. The topological polar surface area (TPSA) is 20.2 Å². The minimum Gasteiger partial charge on any atom is -1.00 e. The SMILES string of the molecule is Oc1ccccc1.[F-]. The van der Waals surface area contributed by atoms with Gasteiger partial charge in [0.2, 0.25) is 0 Å². The Morgan fingerprint density at radius 1 is 1.00 bits per heavy atom. The molecule has 1 aromatic carbocycles. The molecule has 0 saturated heterocycles. The molecule has 0 bridgehead atoms. The molecule has 0 spiro atoms. The number of aromatic hydroxyl groups is 1. The highest BCUT2D eigenvalue weighted by Gasteiger charge is 1.74. The largest absolute Gasteiger partial charge is 1.00 e. The third-order valence-corrected chi connectivity index (χ3v) is 0.756. The predicted octanol–water partition coefficient (Wildman–Crippen LogP) is -1.60. The fraction of sp³-hybridized carbons (Fsp3) is 0. The molecule has 0 aromatic heterocycles. The maximum atomic E-state index is 8.63. The number of phenols is 1. The van der Waals surface area contributed by atoms with E-state index in [0.29, 0.717) is 5.75 Å². The molecule has 1 aromatic rings. The Balaban J connectivity index is 0.000000490. The molecule has 0 aliphatic rings. The lowest BCUT2D eigenvalue weighted by Gasteiger charge is -1.82. The highest BCUT2D eigenvalue weighted by molar-refractivity contribution is 5.18. The summed E-state index contributed by atoms with van der Waals surface area (Å²) in [5.74, 6) is 0.322. The van der Waals surface area contributed by atoms with Crippen LogP contribution in [-0.2, 0) is 0 Å². The number of phenolic OH excluding ortho intramolecular Hbond substituents is 1. The average Bonchev–Trinajstić information content (AvgIpc) is 1.69. The summed E-state index contributed by atoms with van der Waals surface area (Å²) in [6.07, 6.45) is 0. The van der Waals surface area contributed by atoms with Gasteiger partial charge in [-0.3, -0.25) is 0 Å². The van der Waals surface area contributed by atoms with Crippen molar-refractivity contribution in [1.29, 1.82) is 0 Å². The van der Waals surface area contributed by atoms with E-state index in [9.17, 15) is 0 Å². The van der Waals surface area contributed by atoms with Crippen LogP contribution in [0.15, 0.2) is 30.3 Å². The average molecular weight is 113 g/mol. The molecule has 0 aliphatic carbocycles. The number of rotatable bonds is 0. The first-order valence-corrected chi connectivity index (χ1v) is 2.13. The molecule has 1 nitrogen and oxygen atoms in total. The van der Waals surface area contributed by atoms with Crippen molar-refractivity contribution in [1.82, 2.24) is 0 Å². The molecule has 8 heavy (non-hydrogen) atoms. The van der Waals surface area contributed by atoms with Crippen LogP contribution >= 0.6 is 0 Å². The van der Waals surface area contributed by atoms with E-state index in [1.807, 2.05) is 6.07 Å². The van der Waals surface area contributed by atoms with Gasteiger partial charge in [-0.1, -0.05) is 18.2 Å². The van der Waals surface area contributed by atoms with Gasteiger partial charge in [0.1, 0.15) is 5.75 Å². The van der Waals surface area contributed by atoms with E-state index in [0.717, 1.165) is 0 Å². The van der Waals surface area contributed by atoms with Gasteiger partial charge >= 0.3 is 0 Å². The van der Waals surface area contributed by atoms with Gasteiger partial charge in [0.05, 0.1) is 0 Å². The van der Waals surface area contributed by atoms with Gasteiger partial charge in [-0.05, 0) is 12.1 Å². The van der Waals surface area contributed by atoms with Crippen LogP contribution in [0.1, 0.15) is 0 Å². The summed E-state index contributed by atoms with van der Waals surface area (Å²) in [4.78, 5) is 0. The van der Waals surface area contributed by atoms with Crippen LogP contribution in [0.5, 0.6) is 5.75 Å². The van der Waals surface area contributed by atoms with E-state index in [1.54, 1.807) is 24.3 Å². The second-order valence-electron chi connectivity index (χ2n) is 1.34. The number of para-hydroxylation sites is 1. The zero-order valence-corrected chi connectivity index (χ0v) is 4.21. The van der Waals surface area contributed by atoms with Crippen LogP contribution < -0.4 is 4.70 Å². The smallest absolute Gasteiger partial charge is 0.115 e. The molecule has 0 amide bonds. The van der Waals surface area contributed by atoms with Crippen molar-refractivity contribution in [2.75, 3.05) is 0 Å². The van der Waals surface area contributed by atoms with Gasteiger partial charge in [0, 0.05) is 0 Å². The van der Waals surface area contributed by atoms with E-state index < -0.39 is 0 Å². The Labute approximate surface area is 47.0 Å². The molecule has 1 rings (SSSR count). The first kappa shape index (κ1) is 6.95. The zero-order valence-electron chi connectivity index (χ0n) is 4.21. The summed E-state index contributed by atoms with van der Waals surface area (Å²) < 4.78 is 0. The van der Waals surface area contributed by atoms with Crippen molar-refractivity contribution >= 4 is 0 Å². The molecule has 0 heterocycles. The second kappa shape index (κ2) is 3.02. The maximum Gasteiger partial charge on any atom is 0.115 e. The van der Waals surface area contributed by atoms with Crippen molar-refractivity contribution < 1.29 is 9.81 Å². The van der Waals surface area contributed by atoms with Crippen LogP contribution in [0.4, 0.5) is 0 Å². The highest BCUT2D eigenvalue weighted by atomic mass is 19.0.